The monoisotopic (exact) mass is 420 g/mol. The number of ether oxygens (including phenoxy) is 1. The molecule has 0 spiro atoms. The molecule has 1 aliphatic rings. The molecule has 28 heavy (non-hydrogen) atoms. The second kappa shape index (κ2) is 8.33. The smallest absolute Gasteiger partial charge is 0.341 e. The molecule has 7 nitrogen and oxygen atoms in total. The molecule has 1 aliphatic heterocycles. The van der Waals surface area contributed by atoms with Gasteiger partial charge in [0.2, 0.25) is 0 Å². The molecule has 0 saturated carbocycles. The van der Waals surface area contributed by atoms with Crippen molar-refractivity contribution in [2.45, 2.75) is 6.54 Å². The van der Waals surface area contributed by atoms with Gasteiger partial charge in [-0.05, 0) is 29.3 Å². The predicted octanol–water partition coefficient (Wildman–Crippen LogP) is 3.55. The molecule has 0 unspecified atom stereocenters. The van der Waals surface area contributed by atoms with Gasteiger partial charge in [0.15, 0.2) is 12.4 Å². The lowest BCUT2D eigenvalue weighted by Gasteiger charge is -2.11. The Hall–Kier alpha value is -3.03. The number of aliphatic carboxylic acids is 1. The summed E-state index contributed by atoms with van der Waals surface area (Å²) >= 11 is 12.2. The molecular weight excluding hydrogens is 407 g/mol. The number of nitrogens with zero attached hydrogens (tertiary/aromatic N) is 1. The minimum atomic E-state index is -1.17. The molecule has 2 aromatic rings. The zero-order valence-electron chi connectivity index (χ0n) is 14.3. The fourth-order valence-corrected chi connectivity index (χ4v) is 3.20. The minimum Gasteiger partial charge on any atom is -0.479 e. The van der Waals surface area contributed by atoms with E-state index in [1.165, 1.54) is 18.2 Å². The molecule has 0 aromatic heterocycles. The highest BCUT2D eigenvalue weighted by Crippen LogP contribution is 2.35. The molecule has 1 saturated heterocycles. The first-order valence-electron chi connectivity index (χ1n) is 8.07. The van der Waals surface area contributed by atoms with Crippen molar-refractivity contribution >= 4 is 47.2 Å². The molecule has 144 valence electrons. The van der Waals surface area contributed by atoms with E-state index < -0.39 is 24.5 Å². The van der Waals surface area contributed by atoms with Crippen LogP contribution in [0.1, 0.15) is 11.1 Å². The Morgan fingerprint density at radius 3 is 2.39 bits per heavy atom. The number of halogens is 2. The zero-order chi connectivity index (χ0) is 20.3. The fraction of sp³-hybridized carbons (Fsp3) is 0.105. The van der Waals surface area contributed by atoms with Crippen molar-refractivity contribution in [3.8, 4) is 5.75 Å². The third kappa shape index (κ3) is 4.44. The van der Waals surface area contributed by atoms with E-state index in [1.54, 1.807) is 0 Å². The van der Waals surface area contributed by atoms with E-state index in [0.29, 0.717) is 5.56 Å². The van der Waals surface area contributed by atoms with Crippen molar-refractivity contribution in [1.29, 1.82) is 0 Å². The van der Waals surface area contributed by atoms with Gasteiger partial charge in [-0.2, -0.15) is 0 Å². The summed E-state index contributed by atoms with van der Waals surface area (Å²) in [5.41, 5.74) is 1.34. The van der Waals surface area contributed by atoms with Gasteiger partial charge in [0.25, 0.3) is 5.91 Å². The van der Waals surface area contributed by atoms with Gasteiger partial charge >= 0.3 is 12.0 Å². The van der Waals surface area contributed by atoms with Gasteiger partial charge in [0.05, 0.1) is 16.6 Å². The Morgan fingerprint density at radius 2 is 1.79 bits per heavy atom. The first-order valence-corrected chi connectivity index (χ1v) is 8.83. The molecule has 9 heteroatoms. The Kier molecular flexibility index (Phi) is 5.87. The van der Waals surface area contributed by atoms with Crippen LogP contribution >= 0.6 is 23.2 Å². The fourth-order valence-electron chi connectivity index (χ4n) is 2.58. The van der Waals surface area contributed by atoms with Gasteiger partial charge in [0.1, 0.15) is 5.70 Å². The van der Waals surface area contributed by atoms with E-state index in [4.69, 9.17) is 33.0 Å². The molecule has 1 fully saturated rings. The minimum absolute atomic E-state index is 0.0281. The van der Waals surface area contributed by atoms with Crippen molar-refractivity contribution in [3.05, 3.63) is 69.3 Å². The molecule has 2 N–H and O–H groups in total. The first-order chi connectivity index (χ1) is 13.3. The lowest BCUT2D eigenvalue weighted by molar-refractivity contribution is -0.139. The summed E-state index contributed by atoms with van der Waals surface area (Å²) in [6.07, 6.45) is 1.43. The maximum absolute atomic E-state index is 12.6. The van der Waals surface area contributed by atoms with Crippen molar-refractivity contribution < 1.29 is 24.2 Å². The SMILES string of the molecule is O=C(O)COc1c(Cl)cc(/C=C2/NC(=O)N(Cc3ccccc3)C2=O)cc1Cl. The van der Waals surface area contributed by atoms with E-state index in [-0.39, 0.29) is 28.0 Å². The van der Waals surface area contributed by atoms with Crippen LogP contribution in [0, 0.1) is 0 Å². The second-order valence-electron chi connectivity index (χ2n) is 5.86. The summed E-state index contributed by atoms with van der Waals surface area (Å²) in [5.74, 6) is -1.62. The summed E-state index contributed by atoms with van der Waals surface area (Å²) in [7, 11) is 0. The number of hydrogen-bond donors (Lipinski definition) is 2. The maximum atomic E-state index is 12.6. The van der Waals surface area contributed by atoms with Gasteiger partial charge in [-0.25, -0.2) is 9.59 Å². The molecule has 0 bridgehead atoms. The summed E-state index contributed by atoms with van der Waals surface area (Å²) in [5, 5.41) is 11.4. The van der Waals surface area contributed by atoms with Gasteiger partial charge in [-0.1, -0.05) is 53.5 Å². The summed E-state index contributed by atoms with van der Waals surface area (Å²) in [6, 6.07) is 11.5. The molecule has 3 rings (SSSR count). The standard InChI is InChI=1S/C19H14Cl2N2O5/c20-13-6-12(7-14(21)17(13)28-10-16(24)25)8-15-18(26)23(19(27)22-15)9-11-4-2-1-3-5-11/h1-8H,9-10H2,(H,22,27)(H,24,25)/b15-8+. The molecule has 2 aromatic carbocycles. The number of amides is 3. The van der Waals surface area contributed by atoms with E-state index in [1.807, 2.05) is 30.3 Å². The lowest BCUT2D eigenvalue weighted by atomic mass is 10.1. The maximum Gasteiger partial charge on any atom is 0.341 e. The van der Waals surface area contributed by atoms with Crippen molar-refractivity contribution in [3.63, 3.8) is 0 Å². The summed E-state index contributed by atoms with van der Waals surface area (Å²) in [4.78, 5) is 36.4. The molecule has 0 aliphatic carbocycles. The Morgan fingerprint density at radius 1 is 1.14 bits per heavy atom. The van der Waals surface area contributed by atoms with Crippen LogP contribution in [0.15, 0.2) is 48.2 Å². The summed E-state index contributed by atoms with van der Waals surface area (Å²) < 4.78 is 5.05. The average Bonchev–Trinajstić information content (AvgIpc) is 2.89. The van der Waals surface area contributed by atoms with Crippen molar-refractivity contribution in [2.24, 2.45) is 0 Å². The van der Waals surface area contributed by atoms with E-state index in [9.17, 15) is 14.4 Å². The van der Waals surface area contributed by atoms with Crippen LogP contribution in [-0.4, -0.2) is 34.5 Å². The second-order valence-corrected chi connectivity index (χ2v) is 6.68. The largest absolute Gasteiger partial charge is 0.479 e. The number of carboxylic acid groups (broad SMARTS) is 1. The van der Waals surface area contributed by atoms with Gasteiger partial charge in [-0.15, -0.1) is 0 Å². The highest BCUT2D eigenvalue weighted by molar-refractivity contribution is 6.37. The number of hydrogen-bond acceptors (Lipinski definition) is 4. The first kappa shape index (κ1) is 19.7. The molecule has 3 amide bonds. The normalized spacial score (nSPS) is 15.1. The van der Waals surface area contributed by atoms with Crippen molar-refractivity contribution in [2.75, 3.05) is 6.61 Å². The zero-order valence-corrected chi connectivity index (χ0v) is 15.8. The quantitative estimate of drug-likeness (QED) is 0.550. The molecule has 1 heterocycles. The third-order valence-corrected chi connectivity index (χ3v) is 4.38. The number of rotatable bonds is 6. The number of urea groups is 1. The van der Waals surface area contributed by atoms with Gasteiger partial charge in [0, 0.05) is 0 Å². The molecular formula is C19H14Cl2N2O5. The average molecular weight is 421 g/mol. The van der Waals surface area contributed by atoms with Gasteiger partial charge in [-0.3, -0.25) is 9.69 Å². The number of carbonyl (C=O) groups excluding carboxylic acids is 2. The number of nitrogens with one attached hydrogen (secondary N) is 1. The van der Waals surface area contributed by atoms with Crippen LogP contribution in [0.2, 0.25) is 10.0 Å². The van der Waals surface area contributed by atoms with E-state index in [0.717, 1.165) is 10.5 Å². The third-order valence-electron chi connectivity index (χ3n) is 3.82. The van der Waals surface area contributed by atoms with Crippen LogP contribution in [0.3, 0.4) is 0 Å². The Labute approximate surface area is 170 Å². The number of carboxylic acids is 1. The van der Waals surface area contributed by atoms with Gasteiger partial charge < -0.3 is 15.2 Å². The van der Waals surface area contributed by atoms with Crippen molar-refractivity contribution in [1.82, 2.24) is 10.2 Å². The van der Waals surface area contributed by atoms with Crippen LogP contribution < -0.4 is 10.1 Å². The van der Waals surface area contributed by atoms with Crippen LogP contribution in [0.4, 0.5) is 4.79 Å². The van der Waals surface area contributed by atoms with E-state index in [2.05, 4.69) is 5.32 Å². The van der Waals surface area contributed by atoms with Crippen LogP contribution in [-0.2, 0) is 16.1 Å². The molecule has 0 radical (unpaired) electrons. The van der Waals surface area contributed by atoms with Crippen LogP contribution in [0.25, 0.3) is 6.08 Å². The Balaban J connectivity index is 1.81. The predicted molar refractivity (Wildman–Crippen MR) is 103 cm³/mol. The Bertz CT molecular complexity index is 953. The topological polar surface area (TPSA) is 95.9 Å². The highest BCUT2D eigenvalue weighted by atomic mass is 35.5. The number of imide groups is 1. The summed E-state index contributed by atoms with van der Waals surface area (Å²) in [6.45, 7) is -0.449. The molecule has 0 atom stereocenters. The number of benzene rings is 2. The van der Waals surface area contributed by atoms with E-state index >= 15 is 0 Å². The highest BCUT2D eigenvalue weighted by Gasteiger charge is 2.33. The number of carbonyl (C=O) groups is 3. The van der Waals surface area contributed by atoms with Crippen LogP contribution in [0.5, 0.6) is 5.75 Å². The lowest BCUT2D eigenvalue weighted by Crippen LogP contribution is -2.30.